The molecule has 0 saturated carbocycles. The van der Waals surface area contributed by atoms with Crippen molar-refractivity contribution >= 4 is 0 Å². The SMILES string of the molecule is CCOCCOc1ccc([C@H](O)CC)cc1. The molecule has 0 aromatic heterocycles. The van der Waals surface area contributed by atoms with E-state index in [0.29, 0.717) is 19.8 Å². The highest BCUT2D eigenvalue weighted by Gasteiger charge is 2.03. The molecule has 1 N–H and O–H groups in total. The summed E-state index contributed by atoms with van der Waals surface area (Å²) in [4.78, 5) is 0. The number of hydrogen-bond acceptors (Lipinski definition) is 3. The van der Waals surface area contributed by atoms with Gasteiger partial charge in [0, 0.05) is 6.61 Å². The van der Waals surface area contributed by atoms with Gasteiger partial charge in [0.05, 0.1) is 12.7 Å². The second-order valence-corrected chi connectivity index (χ2v) is 3.54. The summed E-state index contributed by atoms with van der Waals surface area (Å²) in [5.74, 6) is 0.812. The van der Waals surface area contributed by atoms with Crippen LogP contribution in [0.3, 0.4) is 0 Å². The molecule has 0 amide bonds. The molecule has 1 aromatic rings. The van der Waals surface area contributed by atoms with Crippen LogP contribution in [0, 0.1) is 0 Å². The summed E-state index contributed by atoms with van der Waals surface area (Å²) < 4.78 is 10.6. The molecule has 0 radical (unpaired) electrons. The molecule has 0 heterocycles. The molecule has 0 fully saturated rings. The Balaban J connectivity index is 2.39. The Morgan fingerprint density at radius 2 is 1.81 bits per heavy atom. The maximum Gasteiger partial charge on any atom is 0.119 e. The summed E-state index contributed by atoms with van der Waals surface area (Å²) in [5, 5.41) is 9.61. The largest absolute Gasteiger partial charge is 0.491 e. The fourth-order valence-corrected chi connectivity index (χ4v) is 1.38. The molecule has 0 saturated heterocycles. The molecular formula is C13H20O3. The van der Waals surface area contributed by atoms with E-state index in [0.717, 1.165) is 17.7 Å². The predicted octanol–water partition coefficient (Wildman–Crippen LogP) is 2.55. The minimum absolute atomic E-state index is 0.377. The lowest BCUT2D eigenvalue weighted by Gasteiger charge is -2.10. The maximum absolute atomic E-state index is 9.61. The van der Waals surface area contributed by atoms with Crippen molar-refractivity contribution in [1.29, 1.82) is 0 Å². The standard InChI is InChI=1S/C13H20O3/c1-3-13(14)11-5-7-12(8-6-11)16-10-9-15-4-2/h5-8,13-14H,3-4,9-10H2,1-2H3/t13-/m1/s1. The summed E-state index contributed by atoms with van der Waals surface area (Å²) in [6.45, 7) is 5.79. The molecule has 0 aliphatic heterocycles. The van der Waals surface area contributed by atoms with Crippen LogP contribution in [-0.2, 0) is 4.74 Å². The lowest BCUT2D eigenvalue weighted by atomic mass is 10.1. The monoisotopic (exact) mass is 224 g/mol. The van der Waals surface area contributed by atoms with Crippen LogP contribution in [0.25, 0.3) is 0 Å². The molecule has 1 rings (SSSR count). The van der Waals surface area contributed by atoms with Crippen molar-refractivity contribution in [2.75, 3.05) is 19.8 Å². The van der Waals surface area contributed by atoms with E-state index in [2.05, 4.69) is 0 Å². The van der Waals surface area contributed by atoms with Crippen LogP contribution >= 0.6 is 0 Å². The Labute approximate surface area is 97.0 Å². The van der Waals surface area contributed by atoms with E-state index in [-0.39, 0.29) is 6.10 Å². The highest BCUT2D eigenvalue weighted by atomic mass is 16.5. The maximum atomic E-state index is 9.61. The van der Waals surface area contributed by atoms with Crippen molar-refractivity contribution in [2.45, 2.75) is 26.4 Å². The first-order valence-electron chi connectivity index (χ1n) is 5.76. The molecule has 0 aliphatic rings. The zero-order valence-corrected chi connectivity index (χ0v) is 9.98. The summed E-state index contributed by atoms with van der Waals surface area (Å²) in [6.07, 6.45) is 0.349. The predicted molar refractivity (Wildman–Crippen MR) is 63.7 cm³/mol. The van der Waals surface area contributed by atoms with Gasteiger partial charge in [-0.2, -0.15) is 0 Å². The lowest BCUT2D eigenvalue weighted by molar-refractivity contribution is 0.110. The van der Waals surface area contributed by atoms with Crippen LogP contribution in [0.4, 0.5) is 0 Å². The molecule has 0 aliphatic carbocycles. The lowest BCUT2D eigenvalue weighted by Crippen LogP contribution is -2.06. The van der Waals surface area contributed by atoms with E-state index < -0.39 is 0 Å². The van der Waals surface area contributed by atoms with Gasteiger partial charge in [-0.25, -0.2) is 0 Å². The summed E-state index contributed by atoms with van der Waals surface area (Å²) in [7, 11) is 0. The third-order valence-corrected chi connectivity index (χ3v) is 2.35. The number of hydrogen-bond donors (Lipinski definition) is 1. The zero-order chi connectivity index (χ0) is 11.8. The normalized spacial score (nSPS) is 12.4. The van der Waals surface area contributed by atoms with Crippen molar-refractivity contribution in [1.82, 2.24) is 0 Å². The van der Waals surface area contributed by atoms with Gasteiger partial charge in [-0.15, -0.1) is 0 Å². The topological polar surface area (TPSA) is 38.7 Å². The highest BCUT2D eigenvalue weighted by molar-refractivity contribution is 5.28. The smallest absolute Gasteiger partial charge is 0.119 e. The number of aliphatic hydroxyl groups is 1. The molecule has 16 heavy (non-hydrogen) atoms. The molecule has 3 nitrogen and oxygen atoms in total. The Bertz CT molecular complexity index is 282. The van der Waals surface area contributed by atoms with Gasteiger partial charge in [0.1, 0.15) is 12.4 Å². The summed E-state index contributed by atoms with van der Waals surface area (Å²) in [6, 6.07) is 7.54. The van der Waals surface area contributed by atoms with Crippen LogP contribution in [0.5, 0.6) is 5.75 Å². The fraction of sp³-hybridized carbons (Fsp3) is 0.538. The Morgan fingerprint density at radius 1 is 1.12 bits per heavy atom. The average Bonchev–Trinajstić information content (AvgIpc) is 2.34. The summed E-state index contributed by atoms with van der Waals surface area (Å²) in [5.41, 5.74) is 0.930. The minimum Gasteiger partial charge on any atom is -0.491 e. The second-order valence-electron chi connectivity index (χ2n) is 3.54. The van der Waals surface area contributed by atoms with Gasteiger partial charge in [-0.1, -0.05) is 19.1 Å². The highest BCUT2D eigenvalue weighted by Crippen LogP contribution is 2.19. The van der Waals surface area contributed by atoms with E-state index in [1.54, 1.807) is 0 Å². The van der Waals surface area contributed by atoms with Gasteiger partial charge in [0.15, 0.2) is 0 Å². The average molecular weight is 224 g/mol. The van der Waals surface area contributed by atoms with Crippen molar-refractivity contribution in [3.63, 3.8) is 0 Å². The molecule has 0 unspecified atom stereocenters. The zero-order valence-electron chi connectivity index (χ0n) is 9.98. The molecular weight excluding hydrogens is 204 g/mol. The van der Waals surface area contributed by atoms with Crippen molar-refractivity contribution in [2.24, 2.45) is 0 Å². The molecule has 1 atom stereocenters. The summed E-state index contributed by atoms with van der Waals surface area (Å²) >= 11 is 0. The Morgan fingerprint density at radius 3 is 2.38 bits per heavy atom. The van der Waals surface area contributed by atoms with Crippen LogP contribution in [0.15, 0.2) is 24.3 Å². The van der Waals surface area contributed by atoms with Gasteiger partial charge >= 0.3 is 0 Å². The first-order valence-corrected chi connectivity index (χ1v) is 5.76. The van der Waals surface area contributed by atoms with Gasteiger partial charge < -0.3 is 14.6 Å². The van der Waals surface area contributed by atoms with Crippen molar-refractivity contribution in [3.05, 3.63) is 29.8 Å². The fourth-order valence-electron chi connectivity index (χ4n) is 1.38. The van der Waals surface area contributed by atoms with Crippen molar-refractivity contribution < 1.29 is 14.6 Å². The van der Waals surface area contributed by atoms with Crippen LogP contribution in [0.1, 0.15) is 31.9 Å². The van der Waals surface area contributed by atoms with E-state index in [1.165, 1.54) is 0 Å². The van der Waals surface area contributed by atoms with E-state index in [9.17, 15) is 5.11 Å². The van der Waals surface area contributed by atoms with Gasteiger partial charge in [0.2, 0.25) is 0 Å². The molecule has 0 spiro atoms. The van der Waals surface area contributed by atoms with Gasteiger partial charge in [0.25, 0.3) is 0 Å². The molecule has 3 heteroatoms. The minimum atomic E-state index is -0.377. The Kier molecular flexibility index (Phi) is 5.90. The quantitative estimate of drug-likeness (QED) is 0.723. The second kappa shape index (κ2) is 7.25. The Hall–Kier alpha value is -1.06. The first-order chi connectivity index (χ1) is 7.77. The number of ether oxygens (including phenoxy) is 2. The first kappa shape index (κ1) is 13.0. The van der Waals surface area contributed by atoms with Crippen LogP contribution in [-0.4, -0.2) is 24.9 Å². The number of benzene rings is 1. The van der Waals surface area contributed by atoms with E-state index in [1.807, 2.05) is 38.1 Å². The molecule has 0 bridgehead atoms. The molecule has 90 valence electrons. The van der Waals surface area contributed by atoms with Gasteiger partial charge in [-0.3, -0.25) is 0 Å². The third kappa shape index (κ3) is 4.21. The van der Waals surface area contributed by atoms with Gasteiger partial charge in [-0.05, 0) is 31.0 Å². The molecule has 1 aromatic carbocycles. The third-order valence-electron chi connectivity index (χ3n) is 2.35. The van der Waals surface area contributed by atoms with Crippen LogP contribution in [0.2, 0.25) is 0 Å². The van der Waals surface area contributed by atoms with E-state index in [4.69, 9.17) is 9.47 Å². The number of aliphatic hydroxyl groups excluding tert-OH is 1. The van der Waals surface area contributed by atoms with Crippen molar-refractivity contribution in [3.8, 4) is 5.75 Å². The van der Waals surface area contributed by atoms with E-state index >= 15 is 0 Å². The number of rotatable bonds is 7. The van der Waals surface area contributed by atoms with Crippen LogP contribution < -0.4 is 4.74 Å².